The van der Waals surface area contributed by atoms with Gasteiger partial charge in [-0.25, -0.2) is 4.79 Å². The highest BCUT2D eigenvalue weighted by molar-refractivity contribution is 4.94. The van der Waals surface area contributed by atoms with Crippen LogP contribution in [0.4, 0.5) is 4.39 Å². The SMILES string of the molecule is NC[C@H]1O[C@@H](n2cc(F)c(=O)[nH]c2=O)[C@H](O)[C@@H]1O. The van der Waals surface area contributed by atoms with Crippen LogP contribution in [0.5, 0.6) is 0 Å². The fourth-order valence-electron chi connectivity index (χ4n) is 1.80. The van der Waals surface area contributed by atoms with E-state index in [1.807, 2.05) is 0 Å². The van der Waals surface area contributed by atoms with Gasteiger partial charge in [0.15, 0.2) is 6.23 Å². The van der Waals surface area contributed by atoms with Crippen molar-refractivity contribution in [3.63, 3.8) is 0 Å². The summed E-state index contributed by atoms with van der Waals surface area (Å²) in [6, 6.07) is 0. The Balaban J connectivity index is 2.42. The molecular weight excluding hydrogens is 249 g/mol. The molecule has 0 aliphatic carbocycles. The highest BCUT2D eigenvalue weighted by atomic mass is 19.1. The van der Waals surface area contributed by atoms with Gasteiger partial charge in [0.1, 0.15) is 18.3 Å². The monoisotopic (exact) mass is 261 g/mol. The highest BCUT2D eigenvalue weighted by Gasteiger charge is 2.43. The first-order valence-corrected chi connectivity index (χ1v) is 5.18. The fraction of sp³-hybridized carbons (Fsp3) is 0.556. The van der Waals surface area contributed by atoms with E-state index in [0.29, 0.717) is 10.8 Å². The number of aromatic amines is 1. The van der Waals surface area contributed by atoms with Crippen LogP contribution in [0.15, 0.2) is 15.8 Å². The minimum absolute atomic E-state index is 0.0741. The van der Waals surface area contributed by atoms with Crippen molar-refractivity contribution in [3.05, 3.63) is 32.9 Å². The van der Waals surface area contributed by atoms with Crippen molar-refractivity contribution in [2.24, 2.45) is 5.73 Å². The summed E-state index contributed by atoms with van der Waals surface area (Å²) in [6.07, 6.45) is -4.29. The van der Waals surface area contributed by atoms with Crippen molar-refractivity contribution in [2.75, 3.05) is 6.54 Å². The van der Waals surface area contributed by atoms with E-state index >= 15 is 0 Å². The summed E-state index contributed by atoms with van der Waals surface area (Å²) in [7, 11) is 0. The van der Waals surface area contributed by atoms with E-state index in [-0.39, 0.29) is 6.54 Å². The second kappa shape index (κ2) is 4.61. The third-order valence-corrected chi connectivity index (χ3v) is 2.77. The highest BCUT2D eigenvalue weighted by Crippen LogP contribution is 2.27. The van der Waals surface area contributed by atoms with Crippen LogP contribution in [0.2, 0.25) is 0 Å². The molecular formula is C9H12FN3O5. The van der Waals surface area contributed by atoms with Crippen LogP contribution < -0.4 is 17.0 Å². The van der Waals surface area contributed by atoms with Gasteiger partial charge < -0.3 is 20.7 Å². The zero-order valence-corrected chi connectivity index (χ0v) is 9.12. The van der Waals surface area contributed by atoms with Gasteiger partial charge in [0.05, 0.1) is 6.20 Å². The van der Waals surface area contributed by atoms with Crippen LogP contribution >= 0.6 is 0 Å². The van der Waals surface area contributed by atoms with Gasteiger partial charge in [0.2, 0.25) is 5.82 Å². The number of aliphatic hydroxyl groups excluding tert-OH is 2. The van der Waals surface area contributed by atoms with Crippen LogP contribution in [-0.2, 0) is 4.74 Å². The number of aliphatic hydroxyl groups is 2. The number of aromatic nitrogens is 2. The predicted octanol–water partition coefficient (Wildman–Crippen LogP) is -2.75. The Labute approximate surface area is 99.4 Å². The summed E-state index contributed by atoms with van der Waals surface area (Å²) in [5.74, 6) is -1.20. The molecule has 100 valence electrons. The second-order valence-electron chi connectivity index (χ2n) is 3.93. The van der Waals surface area contributed by atoms with Gasteiger partial charge in [0.25, 0.3) is 5.56 Å². The molecule has 0 spiro atoms. The molecule has 1 aliphatic rings. The van der Waals surface area contributed by atoms with Crippen molar-refractivity contribution < 1.29 is 19.3 Å². The van der Waals surface area contributed by atoms with Crippen LogP contribution in [0.3, 0.4) is 0 Å². The summed E-state index contributed by atoms with van der Waals surface area (Å²) in [5.41, 5.74) is 3.19. The quantitative estimate of drug-likeness (QED) is 0.456. The van der Waals surface area contributed by atoms with Gasteiger partial charge >= 0.3 is 5.69 Å². The Morgan fingerprint density at radius 2 is 2.11 bits per heavy atom. The maximum atomic E-state index is 13.1. The largest absolute Gasteiger partial charge is 0.387 e. The molecule has 1 saturated heterocycles. The first kappa shape index (κ1) is 12.9. The summed E-state index contributed by atoms with van der Waals surface area (Å²) in [5, 5.41) is 19.3. The number of halogens is 1. The minimum Gasteiger partial charge on any atom is -0.387 e. The van der Waals surface area contributed by atoms with E-state index in [0.717, 1.165) is 0 Å². The average molecular weight is 261 g/mol. The predicted molar refractivity (Wildman–Crippen MR) is 56.3 cm³/mol. The summed E-state index contributed by atoms with van der Waals surface area (Å²) in [6.45, 7) is -0.0741. The Kier molecular flexibility index (Phi) is 3.30. The first-order valence-electron chi connectivity index (χ1n) is 5.18. The Bertz CT molecular complexity index is 556. The lowest BCUT2D eigenvalue weighted by Crippen LogP contribution is -2.39. The standard InChI is InChI=1S/C9H12FN3O5/c10-3-2-13(9(17)12-7(3)16)8-6(15)5(14)4(1-11)18-8/h2,4-6,8,14-15H,1,11H2,(H,12,16,17)/t4-,5-,6-,8-/m1/s1. The molecule has 0 saturated carbocycles. The molecule has 0 aromatic carbocycles. The lowest BCUT2D eigenvalue weighted by Gasteiger charge is -2.16. The third kappa shape index (κ3) is 1.97. The maximum Gasteiger partial charge on any atom is 0.330 e. The van der Waals surface area contributed by atoms with E-state index in [1.54, 1.807) is 4.98 Å². The number of nitrogens with two attached hydrogens (primary N) is 1. The molecule has 4 atom stereocenters. The lowest BCUT2D eigenvalue weighted by atomic mass is 10.1. The van der Waals surface area contributed by atoms with Crippen molar-refractivity contribution >= 4 is 0 Å². The molecule has 1 aromatic rings. The summed E-state index contributed by atoms with van der Waals surface area (Å²) < 4.78 is 18.9. The number of hydrogen-bond acceptors (Lipinski definition) is 6. The summed E-state index contributed by atoms with van der Waals surface area (Å²) >= 11 is 0. The van der Waals surface area contributed by atoms with E-state index in [1.165, 1.54) is 0 Å². The molecule has 0 amide bonds. The summed E-state index contributed by atoms with van der Waals surface area (Å²) in [4.78, 5) is 24.0. The van der Waals surface area contributed by atoms with Crippen molar-refractivity contribution in [1.82, 2.24) is 9.55 Å². The Morgan fingerprint density at radius 1 is 1.44 bits per heavy atom. The Hall–Kier alpha value is -1.55. The topological polar surface area (TPSA) is 131 Å². The molecule has 2 heterocycles. The molecule has 8 nitrogen and oxygen atoms in total. The van der Waals surface area contributed by atoms with Crippen molar-refractivity contribution in [3.8, 4) is 0 Å². The first-order chi connectivity index (χ1) is 8.45. The molecule has 0 radical (unpaired) electrons. The van der Waals surface area contributed by atoms with E-state index < -0.39 is 41.6 Å². The number of nitrogens with zero attached hydrogens (tertiary/aromatic N) is 1. The van der Waals surface area contributed by atoms with Crippen molar-refractivity contribution in [1.29, 1.82) is 0 Å². The molecule has 9 heteroatoms. The van der Waals surface area contributed by atoms with E-state index in [2.05, 4.69) is 0 Å². The smallest absolute Gasteiger partial charge is 0.330 e. The molecule has 18 heavy (non-hydrogen) atoms. The van der Waals surface area contributed by atoms with Gasteiger partial charge in [-0.15, -0.1) is 0 Å². The number of nitrogens with one attached hydrogen (secondary N) is 1. The van der Waals surface area contributed by atoms with Gasteiger partial charge in [-0.2, -0.15) is 4.39 Å². The van der Waals surface area contributed by atoms with Crippen molar-refractivity contribution in [2.45, 2.75) is 24.5 Å². The normalized spacial score (nSPS) is 31.8. The zero-order valence-electron chi connectivity index (χ0n) is 9.12. The minimum atomic E-state index is -1.44. The van der Waals surface area contributed by atoms with Crippen LogP contribution in [0.1, 0.15) is 6.23 Å². The van der Waals surface area contributed by atoms with Crippen LogP contribution in [0.25, 0.3) is 0 Å². The molecule has 0 bridgehead atoms. The van der Waals surface area contributed by atoms with E-state index in [4.69, 9.17) is 10.5 Å². The molecule has 1 fully saturated rings. The zero-order chi connectivity index (χ0) is 13.4. The number of H-pyrrole nitrogens is 1. The molecule has 1 aliphatic heterocycles. The van der Waals surface area contributed by atoms with Gasteiger partial charge in [-0.3, -0.25) is 14.3 Å². The van der Waals surface area contributed by atoms with Gasteiger partial charge in [-0.1, -0.05) is 0 Å². The van der Waals surface area contributed by atoms with Gasteiger partial charge in [0, 0.05) is 6.54 Å². The molecule has 0 unspecified atom stereocenters. The van der Waals surface area contributed by atoms with E-state index in [9.17, 15) is 24.2 Å². The third-order valence-electron chi connectivity index (χ3n) is 2.77. The molecule has 2 rings (SSSR count). The fourth-order valence-corrected chi connectivity index (χ4v) is 1.80. The maximum absolute atomic E-state index is 13.1. The number of ether oxygens (including phenoxy) is 1. The second-order valence-corrected chi connectivity index (χ2v) is 3.93. The van der Waals surface area contributed by atoms with Crippen LogP contribution in [-0.4, -0.2) is 44.6 Å². The van der Waals surface area contributed by atoms with Crippen LogP contribution in [0, 0.1) is 5.82 Å². The number of rotatable bonds is 2. The molecule has 1 aromatic heterocycles. The molecule has 5 N–H and O–H groups in total. The average Bonchev–Trinajstić information content (AvgIpc) is 2.61. The van der Waals surface area contributed by atoms with Gasteiger partial charge in [-0.05, 0) is 0 Å². The lowest BCUT2D eigenvalue weighted by molar-refractivity contribution is -0.0378. The number of hydrogen-bond donors (Lipinski definition) is 4. The Morgan fingerprint density at radius 3 is 2.67 bits per heavy atom.